The first-order valence-electron chi connectivity index (χ1n) is 12.2. The Morgan fingerprint density at radius 3 is 1.98 bits per heavy atom. The molecule has 0 amide bonds. The zero-order valence-corrected chi connectivity index (χ0v) is 24.1. The van der Waals surface area contributed by atoms with Crippen LogP contribution in [0.1, 0.15) is 25.3 Å². The highest BCUT2D eigenvalue weighted by Crippen LogP contribution is 2.44. The van der Waals surface area contributed by atoms with Gasteiger partial charge in [-0.25, -0.2) is 14.6 Å². The first-order chi connectivity index (χ1) is 19.3. The van der Waals surface area contributed by atoms with Gasteiger partial charge in [-0.3, -0.25) is 0 Å². The second-order valence-electron chi connectivity index (χ2n) is 8.78. The van der Waals surface area contributed by atoms with Crippen LogP contribution in [0.15, 0.2) is 64.3 Å². The van der Waals surface area contributed by atoms with E-state index < -0.39 is 17.9 Å². The number of anilines is 2. The summed E-state index contributed by atoms with van der Waals surface area (Å²) in [5, 5.41) is 9.01. The highest BCUT2D eigenvalue weighted by Gasteiger charge is 2.38. The Morgan fingerprint density at radius 2 is 1.45 bits per heavy atom. The average molecular weight is 566 g/mol. The largest absolute Gasteiger partial charge is 0.493 e. The maximum Gasteiger partial charge on any atom is 0.336 e. The molecule has 4 rings (SSSR count). The van der Waals surface area contributed by atoms with Crippen LogP contribution in [-0.4, -0.2) is 52.5 Å². The van der Waals surface area contributed by atoms with Crippen LogP contribution < -0.4 is 24.8 Å². The van der Waals surface area contributed by atoms with Gasteiger partial charge >= 0.3 is 11.9 Å². The fourth-order valence-corrected chi connectivity index (χ4v) is 5.47. The molecule has 1 aliphatic rings. The Morgan fingerprint density at radius 1 is 0.875 bits per heavy atom. The summed E-state index contributed by atoms with van der Waals surface area (Å²) in [4.78, 5) is 30.7. The van der Waals surface area contributed by atoms with Crippen LogP contribution in [0.4, 0.5) is 10.8 Å². The predicted octanol–water partition coefficient (Wildman–Crippen LogP) is 5.16. The second kappa shape index (κ2) is 12.1. The van der Waals surface area contributed by atoms with Crippen molar-refractivity contribution in [3.05, 3.63) is 69.9 Å². The summed E-state index contributed by atoms with van der Waals surface area (Å²) >= 11 is 1.40. The number of hydrogen-bond donors (Lipinski definition) is 2. The van der Waals surface area contributed by atoms with Gasteiger partial charge in [0.05, 0.1) is 58.3 Å². The molecule has 3 aromatic rings. The van der Waals surface area contributed by atoms with E-state index in [1.54, 1.807) is 35.2 Å². The lowest BCUT2D eigenvalue weighted by Crippen LogP contribution is -2.32. The minimum Gasteiger partial charge on any atom is -0.493 e. The van der Waals surface area contributed by atoms with Crippen molar-refractivity contribution in [2.45, 2.75) is 19.8 Å². The monoisotopic (exact) mass is 565 g/mol. The van der Waals surface area contributed by atoms with Gasteiger partial charge in [-0.2, -0.15) is 0 Å². The molecular weight excluding hydrogens is 534 g/mol. The standard InChI is InChI=1S/C29H31N3O7S/c1-15-23(27(33)38-6)25(24(16(2)30-15)28(34)39-7)18-10-8-9-11-19(18)31-29-32-20(14-40-29)17-12-21(35-3)26(37-5)22(13-17)36-4/h8-14,25,30H,1-7H3,(H,31,32). The zero-order valence-electron chi connectivity index (χ0n) is 23.3. The molecule has 0 fully saturated rings. The summed E-state index contributed by atoms with van der Waals surface area (Å²) in [6.07, 6.45) is 0. The molecular formula is C29H31N3O7S. The SMILES string of the molecule is COC(=O)C1=C(C)NC(C)=C(C(=O)OC)C1c1ccccc1Nc1nc(-c2cc(OC)c(OC)c(OC)c2)cs1. The van der Waals surface area contributed by atoms with Crippen LogP contribution in [0.25, 0.3) is 11.3 Å². The number of dihydropyridines is 1. The Labute approximate surface area is 236 Å². The van der Waals surface area contributed by atoms with Crippen molar-refractivity contribution in [1.82, 2.24) is 10.3 Å². The highest BCUT2D eigenvalue weighted by atomic mass is 32.1. The molecule has 210 valence electrons. The Bertz CT molecular complexity index is 1450. The maximum atomic E-state index is 12.9. The van der Waals surface area contributed by atoms with Crippen LogP contribution in [0.5, 0.6) is 17.2 Å². The molecule has 1 aliphatic heterocycles. The van der Waals surface area contributed by atoms with Crippen molar-refractivity contribution >= 4 is 34.1 Å². The third-order valence-electron chi connectivity index (χ3n) is 6.55. The number of benzene rings is 2. The Balaban J connectivity index is 1.77. The van der Waals surface area contributed by atoms with Crippen LogP contribution >= 0.6 is 11.3 Å². The van der Waals surface area contributed by atoms with Gasteiger partial charge in [-0.1, -0.05) is 18.2 Å². The number of ether oxygens (including phenoxy) is 5. The van der Waals surface area contributed by atoms with Gasteiger partial charge in [0.2, 0.25) is 5.75 Å². The lowest BCUT2D eigenvalue weighted by molar-refractivity contribution is -0.137. The number of hydrogen-bond acceptors (Lipinski definition) is 11. The smallest absolute Gasteiger partial charge is 0.336 e. The van der Waals surface area contributed by atoms with E-state index in [4.69, 9.17) is 28.7 Å². The number of para-hydroxylation sites is 1. The molecule has 0 radical (unpaired) electrons. The zero-order chi connectivity index (χ0) is 29.0. The molecule has 11 heteroatoms. The molecule has 0 atom stereocenters. The number of aromatic nitrogens is 1. The lowest BCUT2D eigenvalue weighted by Gasteiger charge is -2.31. The van der Waals surface area contributed by atoms with Crippen LogP contribution in [-0.2, 0) is 19.1 Å². The Hall–Kier alpha value is -4.51. The summed E-state index contributed by atoms with van der Waals surface area (Å²) in [5.41, 5.74) is 4.66. The molecule has 0 unspecified atom stereocenters. The van der Waals surface area contributed by atoms with Gasteiger partial charge in [-0.15, -0.1) is 11.3 Å². The lowest BCUT2D eigenvalue weighted by atomic mass is 9.79. The Kier molecular flexibility index (Phi) is 8.64. The number of methoxy groups -OCH3 is 5. The van der Waals surface area contributed by atoms with E-state index >= 15 is 0 Å². The van der Waals surface area contributed by atoms with Crippen LogP contribution in [0, 0.1) is 0 Å². The number of esters is 2. The molecule has 10 nitrogen and oxygen atoms in total. The van der Waals surface area contributed by atoms with Gasteiger partial charge in [0.1, 0.15) is 0 Å². The van der Waals surface area contributed by atoms with Crippen LogP contribution in [0.2, 0.25) is 0 Å². The summed E-state index contributed by atoms with van der Waals surface area (Å²) in [5.74, 6) is -0.293. The first kappa shape index (κ1) is 28.5. The van der Waals surface area contributed by atoms with E-state index in [1.165, 1.54) is 25.6 Å². The topological polar surface area (TPSA) is 117 Å². The molecule has 0 saturated heterocycles. The number of carbonyl (C=O) groups is 2. The molecule has 0 aliphatic carbocycles. The van der Waals surface area contributed by atoms with Crippen molar-refractivity contribution < 1.29 is 33.3 Å². The summed E-state index contributed by atoms with van der Waals surface area (Å²) in [6.45, 7) is 3.55. The van der Waals surface area contributed by atoms with Gasteiger partial charge in [0, 0.05) is 28.0 Å². The normalized spacial score (nSPS) is 13.5. The van der Waals surface area contributed by atoms with E-state index in [1.807, 2.05) is 41.8 Å². The number of carbonyl (C=O) groups excluding carboxylic acids is 2. The van der Waals surface area contributed by atoms with Crippen molar-refractivity contribution in [1.29, 1.82) is 0 Å². The predicted molar refractivity (Wildman–Crippen MR) is 152 cm³/mol. The average Bonchev–Trinajstić information content (AvgIpc) is 3.44. The molecule has 40 heavy (non-hydrogen) atoms. The number of rotatable bonds is 9. The molecule has 0 spiro atoms. The number of nitrogens with zero attached hydrogens (tertiary/aromatic N) is 1. The quantitative estimate of drug-likeness (QED) is 0.337. The number of nitrogens with one attached hydrogen (secondary N) is 2. The van der Waals surface area contributed by atoms with Crippen LogP contribution in [0.3, 0.4) is 0 Å². The van der Waals surface area contributed by atoms with E-state index in [0.717, 1.165) is 5.56 Å². The number of thiazole rings is 1. The van der Waals surface area contributed by atoms with Crippen molar-refractivity contribution in [2.24, 2.45) is 0 Å². The molecule has 0 saturated carbocycles. The minimum atomic E-state index is -0.737. The third kappa shape index (κ3) is 5.32. The first-order valence-corrected chi connectivity index (χ1v) is 13.1. The summed E-state index contributed by atoms with van der Waals surface area (Å²) < 4.78 is 26.6. The van der Waals surface area contributed by atoms with Gasteiger partial charge in [0.25, 0.3) is 0 Å². The molecule has 2 aromatic carbocycles. The van der Waals surface area contributed by atoms with Gasteiger partial charge < -0.3 is 34.3 Å². The summed E-state index contributed by atoms with van der Waals surface area (Å²) in [7, 11) is 7.30. The van der Waals surface area contributed by atoms with Gasteiger partial charge in [0.15, 0.2) is 16.6 Å². The van der Waals surface area contributed by atoms with E-state index in [2.05, 4.69) is 10.6 Å². The molecule has 1 aromatic heterocycles. The van der Waals surface area contributed by atoms with Gasteiger partial charge in [-0.05, 0) is 37.6 Å². The van der Waals surface area contributed by atoms with E-state index in [-0.39, 0.29) is 0 Å². The fourth-order valence-electron chi connectivity index (χ4n) is 4.74. The molecule has 2 N–H and O–H groups in total. The molecule has 2 heterocycles. The fraction of sp³-hybridized carbons (Fsp3) is 0.276. The highest BCUT2D eigenvalue weighted by molar-refractivity contribution is 7.14. The molecule has 0 bridgehead atoms. The maximum absolute atomic E-state index is 12.9. The van der Waals surface area contributed by atoms with E-state index in [9.17, 15) is 9.59 Å². The second-order valence-corrected chi connectivity index (χ2v) is 9.64. The minimum absolute atomic E-state index is 0.319. The summed E-state index contributed by atoms with van der Waals surface area (Å²) in [6, 6.07) is 11.1. The van der Waals surface area contributed by atoms with Crippen molar-refractivity contribution in [3.8, 4) is 28.5 Å². The van der Waals surface area contributed by atoms with Crippen molar-refractivity contribution in [3.63, 3.8) is 0 Å². The van der Waals surface area contributed by atoms with E-state index in [0.29, 0.717) is 61.9 Å². The number of allylic oxidation sites excluding steroid dienone is 2. The van der Waals surface area contributed by atoms with Crippen molar-refractivity contribution in [2.75, 3.05) is 40.9 Å². The third-order valence-corrected chi connectivity index (χ3v) is 7.31.